The van der Waals surface area contributed by atoms with Gasteiger partial charge in [-0.1, -0.05) is 273 Å². The van der Waals surface area contributed by atoms with Gasteiger partial charge in [-0.25, -0.2) is 0 Å². The van der Waals surface area contributed by atoms with Crippen LogP contribution in [-0.2, 0) is 23.8 Å². The molecule has 0 radical (unpaired) electrons. The molecule has 1 atom stereocenters. The zero-order valence-electron chi connectivity index (χ0n) is 45.4. The average molecular weight is 950 g/mol. The van der Waals surface area contributed by atoms with E-state index in [9.17, 15) is 9.59 Å². The van der Waals surface area contributed by atoms with Crippen molar-refractivity contribution in [2.75, 3.05) is 19.8 Å². The van der Waals surface area contributed by atoms with Crippen molar-refractivity contribution in [3.63, 3.8) is 0 Å². The molecule has 394 valence electrons. The van der Waals surface area contributed by atoms with Crippen LogP contribution in [0.25, 0.3) is 0 Å². The molecule has 5 nitrogen and oxygen atoms in total. The summed E-state index contributed by atoms with van der Waals surface area (Å²) in [5.74, 6) is -0.428. The van der Waals surface area contributed by atoms with Crippen LogP contribution >= 0.6 is 0 Å². The van der Waals surface area contributed by atoms with Gasteiger partial charge < -0.3 is 14.2 Å². The van der Waals surface area contributed by atoms with Gasteiger partial charge in [0.05, 0.1) is 13.2 Å². The maximum absolute atomic E-state index is 12.9. The maximum Gasteiger partial charge on any atom is 0.306 e. The molecule has 0 saturated carbocycles. The number of unbranched alkanes of at least 4 members (excludes halogenated alkanes) is 31. The number of carbonyl (C=O) groups excluding carboxylic acids is 2. The van der Waals surface area contributed by atoms with Gasteiger partial charge in [0.25, 0.3) is 0 Å². The topological polar surface area (TPSA) is 61.8 Å². The SMILES string of the molecule is CC/C=C\C/C=C\C/C=C\C/C=C\C/C=C\CCOCC(COC(=O)CCCCCCCCCCC/C=C\CCCCCCCC)OC(=O)CCCCCCCCCCCCCCCCCCC. The molecule has 0 amide bonds. The number of esters is 2. The number of rotatable bonds is 54. The second kappa shape index (κ2) is 58.7. The Morgan fingerprint density at radius 3 is 1.06 bits per heavy atom. The third-order valence-electron chi connectivity index (χ3n) is 12.7. The lowest BCUT2D eigenvalue weighted by Gasteiger charge is -2.18. The second-order valence-corrected chi connectivity index (χ2v) is 19.5. The van der Waals surface area contributed by atoms with Gasteiger partial charge in [-0.2, -0.15) is 0 Å². The molecule has 0 saturated heterocycles. The number of allylic oxidation sites excluding steroid dienone is 11. The van der Waals surface area contributed by atoms with E-state index in [0.717, 1.165) is 64.2 Å². The summed E-state index contributed by atoms with van der Waals surface area (Å²) in [7, 11) is 0. The molecule has 0 bridgehead atoms. The van der Waals surface area contributed by atoms with Crippen LogP contribution in [0.1, 0.15) is 290 Å². The molecule has 0 heterocycles. The first-order valence-corrected chi connectivity index (χ1v) is 29.5. The fraction of sp³-hybridized carbons (Fsp3) is 0.778. The van der Waals surface area contributed by atoms with Crippen LogP contribution in [-0.4, -0.2) is 37.9 Å². The van der Waals surface area contributed by atoms with Crippen molar-refractivity contribution >= 4 is 11.9 Å². The molecule has 1 unspecified atom stereocenters. The molecule has 5 heteroatoms. The molecule has 0 aromatic carbocycles. The van der Waals surface area contributed by atoms with E-state index in [1.807, 2.05) is 0 Å². The Balaban J connectivity index is 4.33. The highest BCUT2D eigenvalue weighted by Crippen LogP contribution is 2.16. The summed E-state index contributed by atoms with van der Waals surface area (Å²) in [5, 5.41) is 0. The first-order chi connectivity index (χ1) is 33.6. The molecule has 0 fully saturated rings. The van der Waals surface area contributed by atoms with E-state index in [1.165, 1.54) is 193 Å². The molecule has 0 aromatic heterocycles. The number of hydrogen-bond donors (Lipinski definition) is 0. The van der Waals surface area contributed by atoms with Gasteiger partial charge >= 0.3 is 11.9 Å². The first kappa shape index (κ1) is 65.3. The summed E-state index contributed by atoms with van der Waals surface area (Å²) >= 11 is 0. The normalized spacial score (nSPS) is 12.7. The van der Waals surface area contributed by atoms with E-state index in [-0.39, 0.29) is 25.2 Å². The highest BCUT2D eigenvalue weighted by atomic mass is 16.6. The number of ether oxygens (including phenoxy) is 3. The lowest BCUT2D eigenvalue weighted by Crippen LogP contribution is -2.30. The van der Waals surface area contributed by atoms with Crippen LogP contribution in [0.15, 0.2) is 72.9 Å². The van der Waals surface area contributed by atoms with Gasteiger partial charge in [0, 0.05) is 12.8 Å². The fourth-order valence-electron chi connectivity index (χ4n) is 8.40. The molecular formula is C63H112O5. The van der Waals surface area contributed by atoms with Gasteiger partial charge in [-0.3, -0.25) is 9.59 Å². The van der Waals surface area contributed by atoms with Crippen LogP contribution in [0.3, 0.4) is 0 Å². The maximum atomic E-state index is 12.9. The van der Waals surface area contributed by atoms with Crippen LogP contribution in [0.2, 0.25) is 0 Å². The largest absolute Gasteiger partial charge is 0.462 e. The van der Waals surface area contributed by atoms with Crippen molar-refractivity contribution in [2.24, 2.45) is 0 Å². The summed E-state index contributed by atoms with van der Waals surface area (Å²) in [6.07, 6.45) is 76.6. The minimum atomic E-state index is -0.577. The summed E-state index contributed by atoms with van der Waals surface area (Å²) in [6, 6.07) is 0. The summed E-state index contributed by atoms with van der Waals surface area (Å²) in [4.78, 5) is 25.5. The summed E-state index contributed by atoms with van der Waals surface area (Å²) in [6.45, 7) is 7.54. The van der Waals surface area contributed by atoms with Crippen molar-refractivity contribution in [2.45, 2.75) is 297 Å². The van der Waals surface area contributed by atoms with Crippen LogP contribution in [0, 0.1) is 0 Å². The minimum Gasteiger partial charge on any atom is -0.462 e. The zero-order chi connectivity index (χ0) is 49.2. The Kier molecular flexibility index (Phi) is 56.4. The lowest BCUT2D eigenvalue weighted by molar-refractivity contribution is -0.162. The molecule has 0 rings (SSSR count). The molecule has 68 heavy (non-hydrogen) atoms. The monoisotopic (exact) mass is 949 g/mol. The smallest absolute Gasteiger partial charge is 0.306 e. The first-order valence-electron chi connectivity index (χ1n) is 29.5. The Bertz CT molecular complexity index is 1210. The van der Waals surface area contributed by atoms with Crippen LogP contribution in [0.5, 0.6) is 0 Å². The van der Waals surface area contributed by atoms with Gasteiger partial charge in [0.2, 0.25) is 0 Å². The van der Waals surface area contributed by atoms with Crippen molar-refractivity contribution in [3.8, 4) is 0 Å². The molecule has 0 aliphatic rings. The van der Waals surface area contributed by atoms with Crippen LogP contribution in [0.4, 0.5) is 0 Å². The van der Waals surface area contributed by atoms with Crippen LogP contribution < -0.4 is 0 Å². The highest BCUT2D eigenvalue weighted by Gasteiger charge is 2.17. The fourth-order valence-corrected chi connectivity index (χ4v) is 8.40. The van der Waals surface area contributed by atoms with Crippen molar-refractivity contribution in [3.05, 3.63) is 72.9 Å². The molecular weight excluding hydrogens is 837 g/mol. The molecule has 0 aliphatic heterocycles. The third kappa shape index (κ3) is 55.9. The Hall–Kier alpha value is -2.66. The van der Waals surface area contributed by atoms with E-state index in [2.05, 4.69) is 93.7 Å². The number of hydrogen-bond acceptors (Lipinski definition) is 5. The lowest BCUT2D eigenvalue weighted by atomic mass is 10.0. The zero-order valence-corrected chi connectivity index (χ0v) is 45.4. The third-order valence-corrected chi connectivity index (χ3v) is 12.7. The molecule has 0 aliphatic carbocycles. The van der Waals surface area contributed by atoms with E-state index in [4.69, 9.17) is 14.2 Å². The standard InChI is InChI=1S/C63H112O5/c1-4-7-10-13-16-19-22-25-28-31-32-34-35-38-41-44-47-50-53-56-62(64)67-60-61(59-66-58-55-52-49-46-43-40-37-30-27-24-21-18-15-12-9-6-3)68-63(65)57-54-51-48-45-42-39-36-33-29-26-23-20-17-14-11-8-5-2/h9,12,18,21,25,27-28,30,40,43,49,52,61H,4-8,10-11,13-17,19-20,22-24,26,29,31-39,41-42,44-48,50-51,53-60H2,1-3H3/b12-9-,21-18-,28-25-,30-27-,43-40-,52-49-. The average Bonchev–Trinajstić information content (AvgIpc) is 3.34. The predicted octanol–water partition coefficient (Wildman–Crippen LogP) is 20.2. The van der Waals surface area contributed by atoms with Gasteiger partial charge in [-0.15, -0.1) is 0 Å². The summed E-state index contributed by atoms with van der Waals surface area (Å²) < 4.78 is 17.4. The van der Waals surface area contributed by atoms with E-state index in [0.29, 0.717) is 19.4 Å². The molecule has 0 aromatic rings. The number of carbonyl (C=O) groups is 2. The second-order valence-electron chi connectivity index (χ2n) is 19.5. The minimum absolute atomic E-state index is 0.0558. The van der Waals surface area contributed by atoms with Crippen molar-refractivity contribution in [1.82, 2.24) is 0 Å². The van der Waals surface area contributed by atoms with Crippen molar-refractivity contribution < 1.29 is 23.8 Å². The Labute approximate surface area is 423 Å². The summed E-state index contributed by atoms with van der Waals surface area (Å²) in [5.41, 5.74) is 0. The van der Waals surface area contributed by atoms with E-state index < -0.39 is 6.10 Å². The van der Waals surface area contributed by atoms with Crippen molar-refractivity contribution in [1.29, 1.82) is 0 Å². The van der Waals surface area contributed by atoms with E-state index >= 15 is 0 Å². The van der Waals surface area contributed by atoms with Gasteiger partial charge in [0.1, 0.15) is 6.61 Å². The quantitative estimate of drug-likeness (QED) is 0.0345. The van der Waals surface area contributed by atoms with Gasteiger partial charge in [0.15, 0.2) is 6.10 Å². The Morgan fingerprint density at radius 1 is 0.338 bits per heavy atom. The molecule has 0 spiro atoms. The van der Waals surface area contributed by atoms with E-state index in [1.54, 1.807) is 0 Å². The molecule has 0 N–H and O–H groups in total. The Morgan fingerprint density at radius 2 is 0.662 bits per heavy atom. The van der Waals surface area contributed by atoms with Gasteiger partial charge in [-0.05, 0) is 77.0 Å². The highest BCUT2D eigenvalue weighted by molar-refractivity contribution is 5.70. The predicted molar refractivity (Wildman–Crippen MR) is 297 cm³/mol.